The lowest BCUT2D eigenvalue weighted by molar-refractivity contribution is 0.159. The van der Waals surface area contributed by atoms with E-state index in [0.29, 0.717) is 12.0 Å². The van der Waals surface area contributed by atoms with E-state index in [-0.39, 0.29) is 5.82 Å². The van der Waals surface area contributed by atoms with Crippen molar-refractivity contribution in [2.24, 2.45) is 0 Å². The average Bonchev–Trinajstić information content (AvgIpc) is 2.17. The summed E-state index contributed by atoms with van der Waals surface area (Å²) in [6, 6.07) is 4.90. The lowest BCUT2D eigenvalue weighted by Crippen LogP contribution is -2.02. The molecule has 0 amide bonds. The number of thioether (sulfide) groups is 1. The maximum atomic E-state index is 13.4. The summed E-state index contributed by atoms with van der Waals surface area (Å²) in [5.41, 5.74) is 0.446. The van der Waals surface area contributed by atoms with Gasteiger partial charge in [-0.05, 0) is 24.8 Å². The fourth-order valence-electron chi connectivity index (χ4n) is 1.44. The Bertz CT molecular complexity index is 301. The molecule has 1 aromatic rings. The average molecular weight is 214 g/mol. The first-order valence-corrected chi connectivity index (χ1v) is 5.93. The van der Waals surface area contributed by atoms with Crippen LogP contribution in [-0.4, -0.2) is 11.4 Å². The van der Waals surface area contributed by atoms with Crippen molar-refractivity contribution in [1.82, 2.24) is 0 Å². The summed E-state index contributed by atoms with van der Waals surface area (Å²) in [6.07, 6.45) is 2.66. The molecule has 0 aromatic heterocycles. The van der Waals surface area contributed by atoms with E-state index >= 15 is 0 Å². The van der Waals surface area contributed by atoms with E-state index in [1.54, 1.807) is 6.07 Å². The highest BCUT2D eigenvalue weighted by atomic mass is 32.2. The summed E-state index contributed by atoms with van der Waals surface area (Å²) < 4.78 is 13.4. The maximum Gasteiger partial charge on any atom is 0.130 e. The molecular formula is C11H15FOS. The molecule has 0 unspecified atom stereocenters. The molecule has 1 aromatic carbocycles. The molecule has 3 heteroatoms. The largest absolute Gasteiger partial charge is 0.388 e. The third-order valence-corrected chi connectivity index (χ3v) is 2.92. The van der Waals surface area contributed by atoms with Gasteiger partial charge in [-0.15, -0.1) is 11.8 Å². The molecule has 0 aliphatic heterocycles. The summed E-state index contributed by atoms with van der Waals surface area (Å²) in [5.74, 6) is -0.308. The normalized spacial score (nSPS) is 12.9. The van der Waals surface area contributed by atoms with E-state index in [9.17, 15) is 9.50 Å². The van der Waals surface area contributed by atoms with Crippen molar-refractivity contribution in [2.75, 3.05) is 6.26 Å². The van der Waals surface area contributed by atoms with Crippen LogP contribution in [0.25, 0.3) is 0 Å². The van der Waals surface area contributed by atoms with Crippen molar-refractivity contribution in [2.45, 2.75) is 30.8 Å². The van der Waals surface area contributed by atoms with Crippen LogP contribution < -0.4 is 0 Å². The van der Waals surface area contributed by atoms with Gasteiger partial charge in [0.2, 0.25) is 0 Å². The Labute approximate surface area is 88.3 Å². The highest BCUT2D eigenvalue weighted by Crippen LogP contribution is 2.30. The van der Waals surface area contributed by atoms with Crippen LogP contribution in [-0.2, 0) is 0 Å². The van der Waals surface area contributed by atoms with Crippen LogP contribution in [0.3, 0.4) is 0 Å². The summed E-state index contributed by atoms with van der Waals surface area (Å²) >= 11 is 1.46. The Morgan fingerprint density at radius 2 is 2.21 bits per heavy atom. The van der Waals surface area contributed by atoms with Gasteiger partial charge in [0.05, 0.1) is 6.10 Å². The van der Waals surface area contributed by atoms with Crippen LogP contribution in [0.1, 0.15) is 31.4 Å². The van der Waals surface area contributed by atoms with Crippen molar-refractivity contribution in [3.8, 4) is 0 Å². The number of halogens is 1. The lowest BCUT2D eigenvalue weighted by atomic mass is 10.0. The third-order valence-electron chi connectivity index (χ3n) is 2.13. The quantitative estimate of drug-likeness (QED) is 0.775. The summed E-state index contributed by atoms with van der Waals surface area (Å²) in [4.78, 5) is 0.825. The second-order valence-electron chi connectivity index (χ2n) is 3.16. The number of benzene rings is 1. The third kappa shape index (κ3) is 2.49. The van der Waals surface area contributed by atoms with Crippen LogP contribution in [0, 0.1) is 5.82 Å². The molecule has 0 bridgehead atoms. The van der Waals surface area contributed by atoms with Gasteiger partial charge in [-0.3, -0.25) is 0 Å². The van der Waals surface area contributed by atoms with Crippen LogP contribution >= 0.6 is 11.8 Å². The lowest BCUT2D eigenvalue weighted by Gasteiger charge is -2.14. The van der Waals surface area contributed by atoms with Gasteiger partial charge >= 0.3 is 0 Å². The van der Waals surface area contributed by atoms with Gasteiger partial charge in [0.15, 0.2) is 0 Å². The molecule has 0 saturated heterocycles. The van der Waals surface area contributed by atoms with Gasteiger partial charge < -0.3 is 5.11 Å². The minimum atomic E-state index is -0.677. The minimum Gasteiger partial charge on any atom is -0.388 e. The molecule has 0 fully saturated rings. The fraction of sp³-hybridized carbons (Fsp3) is 0.455. The minimum absolute atomic E-state index is 0.308. The van der Waals surface area contributed by atoms with Crippen molar-refractivity contribution >= 4 is 11.8 Å². The first kappa shape index (κ1) is 11.5. The van der Waals surface area contributed by atoms with Gasteiger partial charge in [0, 0.05) is 10.5 Å². The Hall–Kier alpha value is -0.540. The molecule has 1 nitrogen and oxygen atoms in total. The topological polar surface area (TPSA) is 20.2 Å². The molecule has 1 N–H and O–H groups in total. The number of hydrogen-bond donors (Lipinski definition) is 1. The summed E-state index contributed by atoms with van der Waals surface area (Å²) in [5, 5.41) is 9.76. The predicted molar refractivity (Wildman–Crippen MR) is 58.0 cm³/mol. The first-order valence-electron chi connectivity index (χ1n) is 4.71. The van der Waals surface area contributed by atoms with Gasteiger partial charge in [0.25, 0.3) is 0 Å². The fourth-order valence-corrected chi connectivity index (χ4v) is 2.10. The molecule has 0 saturated carbocycles. The molecular weight excluding hydrogens is 199 g/mol. The van der Waals surface area contributed by atoms with Gasteiger partial charge in [-0.2, -0.15) is 0 Å². The summed E-state index contributed by atoms with van der Waals surface area (Å²) in [7, 11) is 0. The zero-order valence-electron chi connectivity index (χ0n) is 8.46. The second-order valence-corrected chi connectivity index (χ2v) is 4.01. The van der Waals surface area contributed by atoms with Crippen molar-refractivity contribution in [3.05, 3.63) is 29.6 Å². The number of rotatable bonds is 4. The molecule has 78 valence electrons. The highest BCUT2D eigenvalue weighted by Gasteiger charge is 2.15. The zero-order chi connectivity index (χ0) is 10.6. The van der Waals surface area contributed by atoms with E-state index in [0.717, 1.165) is 11.3 Å². The molecule has 0 spiro atoms. The molecule has 0 aliphatic rings. The number of aliphatic hydroxyl groups excluding tert-OH is 1. The Kier molecular flexibility index (Phi) is 4.42. The number of hydrogen-bond acceptors (Lipinski definition) is 2. The molecule has 1 rings (SSSR count). The predicted octanol–water partition coefficient (Wildman–Crippen LogP) is 3.38. The Morgan fingerprint density at radius 1 is 1.50 bits per heavy atom. The zero-order valence-corrected chi connectivity index (χ0v) is 9.27. The van der Waals surface area contributed by atoms with E-state index in [1.165, 1.54) is 17.8 Å². The van der Waals surface area contributed by atoms with Crippen LogP contribution in [0.4, 0.5) is 4.39 Å². The van der Waals surface area contributed by atoms with Crippen molar-refractivity contribution in [3.63, 3.8) is 0 Å². The van der Waals surface area contributed by atoms with Crippen LogP contribution in [0.2, 0.25) is 0 Å². The molecule has 14 heavy (non-hydrogen) atoms. The van der Waals surface area contributed by atoms with Gasteiger partial charge in [-0.1, -0.05) is 19.4 Å². The second kappa shape index (κ2) is 5.37. The molecule has 1 atom stereocenters. The number of aliphatic hydroxyl groups is 1. The molecule has 0 radical (unpaired) electrons. The van der Waals surface area contributed by atoms with Crippen LogP contribution in [0.5, 0.6) is 0 Å². The van der Waals surface area contributed by atoms with Crippen LogP contribution in [0.15, 0.2) is 23.1 Å². The smallest absolute Gasteiger partial charge is 0.130 e. The van der Waals surface area contributed by atoms with Crippen molar-refractivity contribution < 1.29 is 9.50 Å². The van der Waals surface area contributed by atoms with Gasteiger partial charge in [0.1, 0.15) is 5.82 Å². The summed E-state index contributed by atoms with van der Waals surface area (Å²) in [6.45, 7) is 1.98. The van der Waals surface area contributed by atoms with Gasteiger partial charge in [-0.25, -0.2) is 4.39 Å². The molecule has 0 aliphatic carbocycles. The highest BCUT2D eigenvalue weighted by molar-refractivity contribution is 7.98. The van der Waals surface area contributed by atoms with E-state index in [4.69, 9.17) is 0 Å². The molecule has 0 heterocycles. The first-order chi connectivity index (χ1) is 6.70. The van der Waals surface area contributed by atoms with Crippen molar-refractivity contribution in [1.29, 1.82) is 0 Å². The maximum absolute atomic E-state index is 13.4. The van der Waals surface area contributed by atoms with E-state index in [1.807, 2.05) is 19.2 Å². The van der Waals surface area contributed by atoms with E-state index in [2.05, 4.69) is 0 Å². The SMILES string of the molecule is CCC[C@@H](O)c1c(F)cccc1SC. The Morgan fingerprint density at radius 3 is 2.79 bits per heavy atom. The monoisotopic (exact) mass is 214 g/mol. The standard InChI is InChI=1S/C11H15FOS/c1-3-5-9(13)11-8(12)6-4-7-10(11)14-2/h4,6-7,9,13H,3,5H2,1-2H3/t9-/m1/s1. The van der Waals surface area contributed by atoms with E-state index < -0.39 is 6.10 Å². The Balaban J connectivity index is 3.03.